The molecule has 0 radical (unpaired) electrons. The summed E-state index contributed by atoms with van der Waals surface area (Å²) in [4.78, 5) is 27.6. The SMILES string of the molecule is CNC(=O)Oc1cnc2ccc(=O)n(CC3OCCO3)c2c1. The van der Waals surface area contributed by atoms with E-state index in [1.165, 1.54) is 23.9 Å². The second kappa shape index (κ2) is 6.12. The Hall–Kier alpha value is -2.45. The zero-order valence-corrected chi connectivity index (χ0v) is 11.9. The van der Waals surface area contributed by atoms with E-state index in [0.717, 1.165) is 0 Å². The maximum atomic E-state index is 12.1. The van der Waals surface area contributed by atoms with Gasteiger partial charge >= 0.3 is 6.09 Å². The summed E-state index contributed by atoms with van der Waals surface area (Å²) in [5, 5.41) is 2.35. The first kappa shape index (κ1) is 14.5. The predicted molar refractivity (Wildman–Crippen MR) is 76.8 cm³/mol. The number of carbonyl (C=O) groups excluding carboxylic acids is 1. The smallest absolute Gasteiger partial charge is 0.409 e. The molecule has 3 rings (SSSR count). The molecule has 8 nitrogen and oxygen atoms in total. The normalized spacial score (nSPS) is 15.1. The Bertz CT molecular complexity index is 752. The van der Waals surface area contributed by atoms with Gasteiger partial charge in [-0.1, -0.05) is 0 Å². The highest BCUT2D eigenvalue weighted by Gasteiger charge is 2.18. The Morgan fingerprint density at radius 3 is 2.95 bits per heavy atom. The lowest BCUT2D eigenvalue weighted by Gasteiger charge is -2.14. The van der Waals surface area contributed by atoms with E-state index >= 15 is 0 Å². The van der Waals surface area contributed by atoms with Crippen LogP contribution in [0.5, 0.6) is 5.75 Å². The van der Waals surface area contributed by atoms with Crippen molar-refractivity contribution >= 4 is 17.1 Å². The number of amides is 1. The lowest BCUT2D eigenvalue weighted by Crippen LogP contribution is -2.27. The van der Waals surface area contributed by atoms with Gasteiger partial charge in [0.1, 0.15) is 0 Å². The minimum absolute atomic E-state index is 0.203. The molecule has 0 bridgehead atoms. The summed E-state index contributed by atoms with van der Waals surface area (Å²) in [6.07, 6.45) is 0.356. The molecule has 0 spiro atoms. The first-order chi connectivity index (χ1) is 10.7. The van der Waals surface area contributed by atoms with Gasteiger partial charge in [-0.05, 0) is 6.07 Å². The number of carbonyl (C=O) groups is 1. The number of nitrogens with one attached hydrogen (secondary N) is 1. The molecule has 22 heavy (non-hydrogen) atoms. The minimum atomic E-state index is -0.603. The Balaban J connectivity index is 2.00. The standard InChI is InChI=1S/C14H15N3O5/c1-15-14(19)22-9-6-11-10(16-7-9)2-3-12(18)17(11)8-13-20-4-5-21-13/h2-3,6-7,13H,4-5,8H2,1H3,(H,15,19). The molecule has 0 aromatic carbocycles. The summed E-state index contributed by atoms with van der Waals surface area (Å²) in [5.41, 5.74) is 0.959. The number of pyridine rings is 2. The molecular weight excluding hydrogens is 290 g/mol. The van der Waals surface area contributed by atoms with Gasteiger partial charge in [0.05, 0.1) is 37.0 Å². The Kier molecular flexibility index (Phi) is 4.03. The van der Waals surface area contributed by atoms with Crippen molar-refractivity contribution in [2.75, 3.05) is 20.3 Å². The summed E-state index contributed by atoms with van der Waals surface area (Å²) < 4.78 is 17.3. The molecule has 3 heterocycles. The van der Waals surface area contributed by atoms with E-state index in [4.69, 9.17) is 14.2 Å². The molecule has 0 unspecified atom stereocenters. The average molecular weight is 305 g/mol. The lowest BCUT2D eigenvalue weighted by molar-refractivity contribution is -0.0522. The number of fused-ring (bicyclic) bond motifs is 1. The van der Waals surface area contributed by atoms with E-state index in [0.29, 0.717) is 24.2 Å². The molecule has 1 fully saturated rings. The van der Waals surface area contributed by atoms with Gasteiger partial charge in [-0.25, -0.2) is 4.79 Å². The molecule has 1 aliphatic rings. The van der Waals surface area contributed by atoms with E-state index in [-0.39, 0.29) is 17.9 Å². The number of hydrogen-bond donors (Lipinski definition) is 1. The van der Waals surface area contributed by atoms with Crippen LogP contribution in [0.3, 0.4) is 0 Å². The molecule has 1 aliphatic heterocycles. The van der Waals surface area contributed by atoms with E-state index in [9.17, 15) is 9.59 Å². The Labute approximate surface area is 125 Å². The van der Waals surface area contributed by atoms with Crippen LogP contribution in [0.15, 0.2) is 29.2 Å². The van der Waals surface area contributed by atoms with Crippen molar-refractivity contribution in [2.24, 2.45) is 0 Å². The molecule has 2 aromatic heterocycles. The second-order valence-electron chi connectivity index (χ2n) is 4.67. The van der Waals surface area contributed by atoms with Crippen molar-refractivity contribution in [1.82, 2.24) is 14.9 Å². The molecule has 116 valence electrons. The lowest BCUT2D eigenvalue weighted by atomic mass is 10.3. The van der Waals surface area contributed by atoms with Crippen LogP contribution in [0.1, 0.15) is 0 Å². The van der Waals surface area contributed by atoms with Gasteiger partial charge in [-0.15, -0.1) is 0 Å². The third-order valence-corrected chi connectivity index (χ3v) is 3.25. The fourth-order valence-corrected chi connectivity index (χ4v) is 2.21. The van der Waals surface area contributed by atoms with Crippen molar-refractivity contribution in [3.8, 4) is 5.75 Å². The van der Waals surface area contributed by atoms with Gasteiger partial charge in [-0.3, -0.25) is 9.78 Å². The van der Waals surface area contributed by atoms with Crippen LogP contribution in [-0.4, -0.2) is 42.2 Å². The van der Waals surface area contributed by atoms with Gasteiger partial charge in [0.15, 0.2) is 12.0 Å². The van der Waals surface area contributed by atoms with Crippen molar-refractivity contribution in [3.63, 3.8) is 0 Å². The van der Waals surface area contributed by atoms with Crippen LogP contribution >= 0.6 is 0 Å². The third kappa shape index (κ3) is 2.92. The minimum Gasteiger partial charge on any atom is -0.409 e. The van der Waals surface area contributed by atoms with Crippen LogP contribution in [0, 0.1) is 0 Å². The molecule has 8 heteroatoms. The Morgan fingerprint density at radius 2 is 2.23 bits per heavy atom. The summed E-state index contributed by atoms with van der Waals surface area (Å²) in [7, 11) is 1.46. The topological polar surface area (TPSA) is 91.7 Å². The van der Waals surface area contributed by atoms with E-state index in [2.05, 4.69) is 10.3 Å². The highest BCUT2D eigenvalue weighted by atomic mass is 16.7. The third-order valence-electron chi connectivity index (χ3n) is 3.25. The first-order valence-electron chi connectivity index (χ1n) is 6.80. The van der Waals surface area contributed by atoms with Gasteiger partial charge in [0.2, 0.25) is 0 Å². The molecule has 1 amide bonds. The number of ether oxygens (including phenoxy) is 3. The number of rotatable bonds is 3. The predicted octanol–water partition coefficient (Wildman–Crippen LogP) is 0.488. The summed E-state index contributed by atoms with van der Waals surface area (Å²) in [6.45, 7) is 1.27. The summed E-state index contributed by atoms with van der Waals surface area (Å²) in [5.74, 6) is 0.249. The largest absolute Gasteiger partial charge is 0.412 e. The second-order valence-corrected chi connectivity index (χ2v) is 4.67. The van der Waals surface area contributed by atoms with Gasteiger partial charge in [0.25, 0.3) is 5.56 Å². The van der Waals surface area contributed by atoms with E-state index in [1.54, 1.807) is 12.1 Å². The van der Waals surface area contributed by atoms with Crippen molar-refractivity contribution in [2.45, 2.75) is 12.8 Å². The molecule has 0 saturated carbocycles. The number of aromatic nitrogens is 2. The number of nitrogens with zero attached hydrogens (tertiary/aromatic N) is 2. The van der Waals surface area contributed by atoms with Crippen molar-refractivity contribution in [3.05, 3.63) is 34.7 Å². The fraction of sp³-hybridized carbons (Fsp3) is 0.357. The zero-order valence-electron chi connectivity index (χ0n) is 11.9. The van der Waals surface area contributed by atoms with Crippen LogP contribution in [-0.2, 0) is 16.0 Å². The van der Waals surface area contributed by atoms with Gasteiger partial charge in [-0.2, -0.15) is 0 Å². The molecule has 0 aliphatic carbocycles. The molecule has 1 N–H and O–H groups in total. The molecular formula is C14H15N3O5. The summed E-state index contributed by atoms with van der Waals surface area (Å²) >= 11 is 0. The number of hydrogen-bond acceptors (Lipinski definition) is 6. The van der Waals surface area contributed by atoms with Gasteiger partial charge < -0.3 is 24.1 Å². The highest BCUT2D eigenvalue weighted by Crippen LogP contribution is 2.18. The quantitative estimate of drug-likeness (QED) is 0.887. The monoisotopic (exact) mass is 305 g/mol. The van der Waals surface area contributed by atoms with Crippen molar-refractivity contribution < 1.29 is 19.0 Å². The average Bonchev–Trinajstić information content (AvgIpc) is 3.03. The maximum absolute atomic E-state index is 12.1. The molecule has 1 saturated heterocycles. The van der Waals surface area contributed by atoms with Crippen molar-refractivity contribution in [1.29, 1.82) is 0 Å². The van der Waals surface area contributed by atoms with Crippen LogP contribution in [0.4, 0.5) is 4.79 Å². The fourth-order valence-electron chi connectivity index (χ4n) is 2.21. The summed E-state index contributed by atoms with van der Waals surface area (Å²) in [6, 6.07) is 4.64. The van der Waals surface area contributed by atoms with Crippen LogP contribution in [0.25, 0.3) is 11.0 Å². The highest BCUT2D eigenvalue weighted by molar-refractivity contribution is 5.77. The molecule has 0 atom stereocenters. The maximum Gasteiger partial charge on any atom is 0.412 e. The van der Waals surface area contributed by atoms with Gasteiger partial charge in [0, 0.05) is 19.2 Å². The zero-order chi connectivity index (χ0) is 15.5. The van der Waals surface area contributed by atoms with Crippen LogP contribution in [0.2, 0.25) is 0 Å². The first-order valence-corrected chi connectivity index (χ1v) is 6.80. The molecule has 2 aromatic rings. The van der Waals surface area contributed by atoms with E-state index < -0.39 is 12.4 Å². The Morgan fingerprint density at radius 1 is 1.45 bits per heavy atom. The van der Waals surface area contributed by atoms with Crippen LogP contribution < -0.4 is 15.6 Å². The van der Waals surface area contributed by atoms with E-state index in [1.807, 2.05) is 0 Å².